The van der Waals surface area contributed by atoms with Crippen LogP contribution >= 0.6 is 0 Å². The molecule has 0 aliphatic heterocycles. The molecule has 0 saturated carbocycles. The fourth-order valence-electron chi connectivity index (χ4n) is 1.04. The van der Waals surface area contributed by atoms with Gasteiger partial charge in [-0.1, -0.05) is 27.7 Å². The molecule has 1 amide bonds. The third-order valence-electron chi connectivity index (χ3n) is 2.24. The van der Waals surface area contributed by atoms with Gasteiger partial charge in [0.25, 0.3) is 0 Å². The van der Waals surface area contributed by atoms with Crippen molar-refractivity contribution in [3.05, 3.63) is 0 Å². The quantitative estimate of drug-likeness (QED) is 0.835. The largest absolute Gasteiger partial charge is 0.405 e. The van der Waals surface area contributed by atoms with E-state index in [1.807, 2.05) is 0 Å². The number of amides is 1. The highest BCUT2D eigenvalue weighted by atomic mass is 19.4. The van der Waals surface area contributed by atoms with E-state index in [1.165, 1.54) is 6.92 Å². The molecular formula is C11H18F3NO2. The molecule has 0 aliphatic rings. The maximum atomic E-state index is 11.8. The van der Waals surface area contributed by atoms with Gasteiger partial charge < -0.3 is 5.32 Å². The van der Waals surface area contributed by atoms with E-state index in [9.17, 15) is 22.8 Å². The second-order valence-corrected chi connectivity index (χ2v) is 5.11. The van der Waals surface area contributed by atoms with Gasteiger partial charge in [-0.15, -0.1) is 0 Å². The molecule has 0 aromatic heterocycles. The number of Topliss-reactive ketones (excluding diaryl/α,β-unsaturated/α-hetero) is 1. The molecule has 3 nitrogen and oxygen atoms in total. The van der Waals surface area contributed by atoms with E-state index >= 15 is 0 Å². The van der Waals surface area contributed by atoms with Crippen molar-refractivity contribution >= 4 is 11.7 Å². The van der Waals surface area contributed by atoms with Crippen molar-refractivity contribution in [1.82, 2.24) is 5.32 Å². The van der Waals surface area contributed by atoms with Gasteiger partial charge in [0, 0.05) is 17.8 Å². The first-order valence-electron chi connectivity index (χ1n) is 5.31. The molecule has 0 rings (SSSR count). The number of carbonyl (C=O) groups is 2. The Balaban J connectivity index is 4.20. The molecule has 6 heteroatoms. The van der Waals surface area contributed by atoms with Crippen LogP contribution < -0.4 is 5.32 Å². The summed E-state index contributed by atoms with van der Waals surface area (Å²) in [4.78, 5) is 22.9. The highest BCUT2D eigenvalue weighted by molar-refractivity contribution is 5.89. The number of rotatable bonds is 4. The average molecular weight is 253 g/mol. The van der Waals surface area contributed by atoms with Crippen molar-refractivity contribution in [1.29, 1.82) is 0 Å². The van der Waals surface area contributed by atoms with Crippen molar-refractivity contribution < 1.29 is 22.8 Å². The van der Waals surface area contributed by atoms with E-state index in [0.29, 0.717) is 0 Å². The van der Waals surface area contributed by atoms with Crippen LogP contribution in [-0.4, -0.2) is 24.4 Å². The Labute approximate surface area is 98.8 Å². The Kier molecular flexibility index (Phi) is 5.16. The summed E-state index contributed by atoms with van der Waals surface area (Å²) in [7, 11) is 0. The lowest BCUT2D eigenvalue weighted by Crippen LogP contribution is -2.38. The van der Waals surface area contributed by atoms with Crippen LogP contribution in [0.2, 0.25) is 0 Å². The zero-order valence-electron chi connectivity index (χ0n) is 10.4. The van der Waals surface area contributed by atoms with Crippen LogP contribution in [0.15, 0.2) is 0 Å². The predicted octanol–water partition coefficient (Wildman–Crippen LogP) is 2.31. The SMILES string of the molecule is C[C@@H](CC(=O)C(C)(C)C)C(=O)NCC(F)(F)F. The van der Waals surface area contributed by atoms with Crippen LogP contribution in [0.3, 0.4) is 0 Å². The highest BCUT2D eigenvalue weighted by Crippen LogP contribution is 2.20. The molecule has 0 spiro atoms. The first-order valence-corrected chi connectivity index (χ1v) is 5.31. The highest BCUT2D eigenvalue weighted by Gasteiger charge is 2.30. The molecule has 0 saturated heterocycles. The number of carbonyl (C=O) groups excluding carboxylic acids is 2. The zero-order valence-corrected chi connectivity index (χ0v) is 10.4. The number of hydrogen-bond donors (Lipinski definition) is 1. The van der Waals surface area contributed by atoms with Crippen LogP contribution in [0.4, 0.5) is 13.2 Å². The molecule has 0 aromatic carbocycles. The molecule has 0 radical (unpaired) electrons. The van der Waals surface area contributed by atoms with Crippen molar-refractivity contribution in [3.63, 3.8) is 0 Å². The van der Waals surface area contributed by atoms with Gasteiger partial charge in [0.1, 0.15) is 12.3 Å². The predicted molar refractivity (Wildman–Crippen MR) is 57.3 cm³/mol. The smallest absolute Gasteiger partial charge is 0.347 e. The molecule has 0 aromatic rings. The van der Waals surface area contributed by atoms with Gasteiger partial charge in [0.15, 0.2) is 0 Å². The van der Waals surface area contributed by atoms with Gasteiger partial charge >= 0.3 is 6.18 Å². The topological polar surface area (TPSA) is 46.2 Å². The first kappa shape index (κ1) is 15.9. The molecule has 1 N–H and O–H groups in total. The lowest BCUT2D eigenvalue weighted by atomic mass is 9.85. The second kappa shape index (κ2) is 5.51. The average Bonchev–Trinajstić information content (AvgIpc) is 2.11. The third-order valence-corrected chi connectivity index (χ3v) is 2.24. The van der Waals surface area contributed by atoms with Crippen LogP contribution in [-0.2, 0) is 9.59 Å². The summed E-state index contributed by atoms with van der Waals surface area (Å²) >= 11 is 0. The normalized spacial score (nSPS) is 14.3. The Morgan fingerprint density at radius 2 is 1.65 bits per heavy atom. The van der Waals surface area contributed by atoms with Crippen molar-refractivity contribution in [3.8, 4) is 0 Å². The standard InChI is InChI=1S/C11H18F3NO2/c1-7(5-8(16)10(2,3)4)9(17)15-6-11(12,13)14/h7H,5-6H2,1-4H3,(H,15,17)/t7-/m0/s1. The summed E-state index contributed by atoms with van der Waals surface area (Å²) in [6, 6.07) is 0. The summed E-state index contributed by atoms with van der Waals surface area (Å²) < 4.78 is 35.5. The third kappa shape index (κ3) is 6.97. The Bertz CT molecular complexity index is 292. The molecule has 100 valence electrons. The summed E-state index contributed by atoms with van der Waals surface area (Å²) in [5.41, 5.74) is -0.585. The molecule has 0 heterocycles. The summed E-state index contributed by atoms with van der Waals surface area (Å²) in [6.07, 6.45) is -4.48. The Morgan fingerprint density at radius 1 is 1.18 bits per heavy atom. The first-order chi connectivity index (χ1) is 7.43. The Morgan fingerprint density at radius 3 is 2.00 bits per heavy atom. The van der Waals surface area contributed by atoms with Gasteiger partial charge in [0.05, 0.1) is 0 Å². The van der Waals surface area contributed by atoms with Gasteiger partial charge in [0.2, 0.25) is 5.91 Å². The number of halogens is 3. The minimum absolute atomic E-state index is 0.0484. The van der Waals surface area contributed by atoms with E-state index in [1.54, 1.807) is 26.1 Å². The molecule has 0 fully saturated rings. The fraction of sp³-hybridized carbons (Fsp3) is 0.818. The van der Waals surface area contributed by atoms with E-state index in [0.717, 1.165) is 0 Å². The van der Waals surface area contributed by atoms with Crippen molar-refractivity contribution in [2.45, 2.75) is 40.3 Å². The zero-order chi connectivity index (χ0) is 13.9. The molecular weight excluding hydrogens is 235 g/mol. The van der Waals surface area contributed by atoms with Gasteiger partial charge in [-0.3, -0.25) is 9.59 Å². The summed E-state index contributed by atoms with van der Waals surface area (Å²) in [5.74, 6) is -1.64. The van der Waals surface area contributed by atoms with Crippen LogP contribution in [0.5, 0.6) is 0 Å². The maximum Gasteiger partial charge on any atom is 0.405 e. The molecule has 1 atom stereocenters. The Hall–Kier alpha value is -1.07. The van der Waals surface area contributed by atoms with E-state index in [4.69, 9.17) is 0 Å². The number of nitrogens with one attached hydrogen (secondary N) is 1. The van der Waals surface area contributed by atoms with Crippen LogP contribution in [0, 0.1) is 11.3 Å². The number of hydrogen-bond acceptors (Lipinski definition) is 2. The van der Waals surface area contributed by atoms with E-state index in [2.05, 4.69) is 0 Å². The maximum absolute atomic E-state index is 11.8. The molecule has 0 unspecified atom stereocenters. The summed E-state index contributed by atoms with van der Waals surface area (Å²) in [5, 5.41) is 1.76. The van der Waals surface area contributed by atoms with Crippen molar-refractivity contribution in [2.24, 2.45) is 11.3 Å². The van der Waals surface area contributed by atoms with Crippen LogP contribution in [0.1, 0.15) is 34.1 Å². The minimum atomic E-state index is -4.43. The summed E-state index contributed by atoms with van der Waals surface area (Å²) in [6.45, 7) is 5.19. The monoisotopic (exact) mass is 253 g/mol. The number of alkyl halides is 3. The lowest BCUT2D eigenvalue weighted by molar-refractivity contribution is -0.141. The second-order valence-electron chi connectivity index (χ2n) is 5.11. The van der Waals surface area contributed by atoms with E-state index < -0.39 is 30.0 Å². The van der Waals surface area contributed by atoms with Crippen molar-refractivity contribution in [2.75, 3.05) is 6.54 Å². The van der Waals surface area contributed by atoms with Crippen LogP contribution in [0.25, 0.3) is 0 Å². The fourth-order valence-corrected chi connectivity index (χ4v) is 1.04. The minimum Gasteiger partial charge on any atom is -0.347 e. The lowest BCUT2D eigenvalue weighted by Gasteiger charge is -2.19. The van der Waals surface area contributed by atoms with Gasteiger partial charge in [-0.05, 0) is 0 Å². The molecule has 0 aliphatic carbocycles. The molecule has 0 bridgehead atoms. The van der Waals surface area contributed by atoms with Gasteiger partial charge in [-0.2, -0.15) is 13.2 Å². The van der Waals surface area contributed by atoms with E-state index in [-0.39, 0.29) is 12.2 Å². The number of ketones is 1. The molecule has 17 heavy (non-hydrogen) atoms. The van der Waals surface area contributed by atoms with Gasteiger partial charge in [-0.25, -0.2) is 0 Å².